The summed E-state index contributed by atoms with van der Waals surface area (Å²) in [6.45, 7) is 2.23. The van der Waals surface area contributed by atoms with Gasteiger partial charge in [-0.05, 0) is 30.7 Å². The summed E-state index contributed by atoms with van der Waals surface area (Å²) >= 11 is 5.48. The van der Waals surface area contributed by atoms with Crippen molar-refractivity contribution in [3.8, 4) is 0 Å². The molecular formula is C8H21ClO3Si. The van der Waals surface area contributed by atoms with Gasteiger partial charge in [-0.25, -0.2) is 0 Å². The SMILES string of the molecule is CC(O)(CCCCl)COCCO.[SiH4]. The molecule has 0 spiro atoms. The van der Waals surface area contributed by atoms with Gasteiger partial charge in [-0.15, -0.1) is 11.6 Å². The number of halogens is 1. The van der Waals surface area contributed by atoms with E-state index in [2.05, 4.69) is 0 Å². The number of hydrogen-bond acceptors (Lipinski definition) is 3. The Labute approximate surface area is 89.1 Å². The van der Waals surface area contributed by atoms with Crippen LogP contribution in [0.1, 0.15) is 19.8 Å². The van der Waals surface area contributed by atoms with Crippen molar-refractivity contribution < 1.29 is 14.9 Å². The van der Waals surface area contributed by atoms with Gasteiger partial charge in [0.05, 0.1) is 25.4 Å². The third-order valence-electron chi connectivity index (χ3n) is 1.50. The van der Waals surface area contributed by atoms with Crippen LogP contribution in [0.3, 0.4) is 0 Å². The van der Waals surface area contributed by atoms with Gasteiger partial charge in [0.15, 0.2) is 0 Å². The first kappa shape index (κ1) is 15.8. The Hall–Kier alpha value is 0.387. The van der Waals surface area contributed by atoms with Gasteiger partial charge in [0.2, 0.25) is 0 Å². The summed E-state index contributed by atoms with van der Waals surface area (Å²) in [6.07, 6.45) is 1.40. The van der Waals surface area contributed by atoms with Crippen molar-refractivity contribution >= 4 is 22.6 Å². The van der Waals surface area contributed by atoms with Crippen molar-refractivity contribution in [2.75, 3.05) is 25.7 Å². The Morgan fingerprint density at radius 2 is 2.08 bits per heavy atom. The van der Waals surface area contributed by atoms with Crippen molar-refractivity contribution in [2.45, 2.75) is 25.4 Å². The summed E-state index contributed by atoms with van der Waals surface area (Å²) in [6, 6.07) is 0. The maximum atomic E-state index is 9.61. The highest BCUT2D eigenvalue weighted by atomic mass is 35.5. The molecule has 0 heterocycles. The van der Waals surface area contributed by atoms with E-state index < -0.39 is 5.60 Å². The van der Waals surface area contributed by atoms with E-state index in [4.69, 9.17) is 21.4 Å². The summed E-state index contributed by atoms with van der Waals surface area (Å²) in [7, 11) is 0. The van der Waals surface area contributed by atoms with Crippen molar-refractivity contribution in [2.24, 2.45) is 0 Å². The van der Waals surface area contributed by atoms with E-state index in [1.165, 1.54) is 0 Å². The largest absolute Gasteiger partial charge is 0.394 e. The van der Waals surface area contributed by atoms with E-state index in [9.17, 15) is 5.11 Å². The zero-order chi connectivity index (χ0) is 9.45. The molecule has 0 aromatic heterocycles. The van der Waals surface area contributed by atoms with Crippen molar-refractivity contribution in [1.82, 2.24) is 0 Å². The number of aliphatic hydroxyl groups is 2. The van der Waals surface area contributed by atoms with Crippen molar-refractivity contribution in [1.29, 1.82) is 0 Å². The van der Waals surface area contributed by atoms with Crippen LogP contribution in [0.5, 0.6) is 0 Å². The fourth-order valence-corrected chi connectivity index (χ4v) is 1.01. The molecule has 3 nitrogen and oxygen atoms in total. The number of hydrogen-bond donors (Lipinski definition) is 2. The van der Waals surface area contributed by atoms with Crippen LogP contribution in [0.4, 0.5) is 0 Å². The lowest BCUT2D eigenvalue weighted by Gasteiger charge is -2.22. The second kappa shape index (κ2) is 8.96. The molecule has 0 amide bonds. The maximum absolute atomic E-state index is 9.61. The molecule has 5 heteroatoms. The Kier molecular flexibility index (Phi) is 10.9. The molecule has 0 aliphatic carbocycles. The van der Waals surface area contributed by atoms with Crippen LogP contribution < -0.4 is 0 Å². The summed E-state index contributed by atoms with van der Waals surface area (Å²) < 4.78 is 5.00. The third-order valence-corrected chi connectivity index (χ3v) is 1.76. The van der Waals surface area contributed by atoms with Crippen LogP contribution >= 0.6 is 11.6 Å². The van der Waals surface area contributed by atoms with Gasteiger partial charge in [-0.3, -0.25) is 0 Å². The minimum Gasteiger partial charge on any atom is -0.394 e. The number of aliphatic hydroxyl groups excluding tert-OH is 1. The first-order chi connectivity index (χ1) is 5.62. The minimum absolute atomic E-state index is 0. The Morgan fingerprint density at radius 1 is 1.46 bits per heavy atom. The molecule has 1 unspecified atom stereocenters. The lowest BCUT2D eigenvalue weighted by atomic mass is 10.0. The van der Waals surface area contributed by atoms with Gasteiger partial charge in [0.1, 0.15) is 0 Å². The average Bonchev–Trinajstić information content (AvgIpc) is 2.01. The Morgan fingerprint density at radius 3 is 2.54 bits per heavy atom. The number of alkyl halides is 1. The molecule has 0 aromatic carbocycles. The first-order valence-electron chi connectivity index (χ1n) is 4.09. The minimum atomic E-state index is -0.815. The lowest BCUT2D eigenvalue weighted by Crippen LogP contribution is -2.31. The van der Waals surface area contributed by atoms with Crippen molar-refractivity contribution in [3.63, 3.8) is 0 Å². The molecule has 0 rings (SSSR count). The van der Waals surface area contributed by atoms with Gasteiger partial charge in [-0.1, -0.05) is 0 Å². The highest BCUT2D eigenvalue weighted by molar-refractivity contribution is 6.17. The molecular weight excluding hydrogens is 208 g/mol. The van der Waals surface area contributed by atoms with Crippen LogP contribution in [0.25, 0.3) is 0 Å². The van der Waals surface area contributed by atoms with E-state index in [-0.39, 0.29) is 30.8 Å². The zero-order valence-corrected chi connectivity index (χ0v) is 8.18. The topological polar surface area (TPSA) is 49.7 Å². The smallest absolute Gasteiger partial charge is 0.0852 e. The predicted octanol–water partition coefficient (Wildman–Crippen LogP) is -0.686. The van der Waals surface area contributed by atoms with Crippen LogP contribution in [0.2, 0.25) is 0 Å². The van der Waals surface area contributed by atoms with E-state index in [0.29, 0.717) is 12.3 Å². The van der Waals surface area contributed by atoms with Gasteiger partial charge < -0.3 is 14.9 Å². The molecule has 0 fully saturated rings. The van der Waals surface area contributed by atoms with E-state index >= 15 is 0 Å². The van der Waals surface area contributed by atoms with E-state index in [0.717, 1.165) is 6.42 Å². The summed E-state index contributed by atoms with van der Waals surface area (Å²) in [5, 5.41) is 18.0. The highest BCUT2D eigenvalue weighted by Gasteiger charge is 2.19. The molecule has 0 saturated heterocycles. The van der Waals surface area contributed by atoms with Crippen LogP contribution in [0.15, 0.2) is 0 Å². The standard InChI is InChI=1S/C8H17ClO3.H4Si/c1-8(11,3-2-4-9)7-12-6-5-10;/h10-11H,2-7H2,1H3;1H4. The summed E-state index contributed by atoms with van der Waals surface area (Å²) in [4.78, 5) is 0. The maximum Gasteiger partial charge on any atom is 0.0852 e. The molecule has 13 heavy (non-hydrogen) atoms. The fraction of sp³-hybridized carbons (Fsp3) is 1.00. The van der Waals surface area contributed by atoms with E-state index in [1.807, 2.05) is 0 Å². The zero-order valence-electron chi connectivity index (χ0n) is 7.42. The second-order valence-corrected chi connectivity index (χ2v) is 3.44. The third kappa shape index (κ3) is 10.3. The molecule has 1 atom stereocenters. The molecule has 0 saturated carbocycles. The van der Waals surface area contributed by atoms with Gasteiger partial charge in [0.25, 0.3) is 0 Å². The molecule has 0 bridgehead atoms. The lowest BCUT2D eigenvalue weighted by molar-refractivity contribution is -0.0456. The van der Waals surface area contributed by atoms with Gasteiger partial charge in [0, 0.05) is 5.88 Å². The molecule has 82 valence electrons. The molecule has 0 aliphatic heterocycles. The number of rotatable bonds is 7. The average molecular weight is 229 g/mol. The van der Waals surface area contributed by atoms with Crippen molar-refractivity contribution in [3.05, 3.63) is 0 Å². The molecule has 0 radical (unpaired) electrons. The second-order valence-electron chi connectivity index (χ2n) is 3.07. The van der Waals surface area contributed by atoms with Gasteiger partial charge >= 0.3 is 0 Å². The predicted molar refractivity (Wildman–Crippen MR) is 59.8 cm³/mol. The monoisotopic (exact) mass is 228 g/mol. The van der Waals surface area contributed by atoms with Crippen LogP contribution in [-0.4, -0.2) is 52.5 Å². The highest BCUT2D eigenvalue weighted by Crippen LogP contribution is 2.12. The number of ether oxygens (including phenoxy) is 1. The molecule has 0 aromatic rings. The van der Waals surface area contributed by atoms with Crippen LogP contribution in [-0.2, 0) is 4.74 Å². The Balaban J connectivity index is 0. The summed E-state index contributed by atoms with van der Waals surface area (Å²) in [5.41, 5.74) is -0.815. The van der Waals surface area contributed by atoms with Crippen LogP contribution in [0, 0.1) is 0 Å². The summed E-state index contributed by atoms with van der Waals surface area (Å²) in [5.74, 6) is 0.552. The molecule has 2 N–H and O–H groups in total. The molecule has 0 aliphatic rings. The van der Waals surface area contributed by atoms with E-state index in [1.54, 1.807) is 6.92 Å². The fourth-order valence-electron chi connectivity index (χ4n) is 0.876. The first-order valence-corrected chi connectivity index (χ1v) is 4.63. The Bertz CT molecular complexity index is 112. The normalized spacial score (nSPS) is 14.8. The van der Waals surface area contributed by atoms with Gasteiger partial charge in [-0.2, -0.15) is 0 Å². The quantitative estimate of drug-likeness (QED) is 0.345.